The van der Waals surface area contributed by atoms with Gasteiger partial charge in [0.05, 0.1) is 0 Å². The molecule has 92 valence electrons. The molecule has 0 unspecified atom stereocenters. The first kappa shape index (κ1) is 15.8. The van der Waals surface area contributed by atoms with Crippen molar-refractivity contribution in [2.24, 2.45) is 0 Å². The number of halogens is 8. The average molecular weight is 382 g/mol. The van der Waals surface area contributed by atoms with E-state index in [0.29, 0.717) is 0 Å². The van der Waals surface area contributed by atoms with E-state index in [1.807, 2.05) is 0 Å². The first-order chi connectivity index (χ1) is 6.41. The van der Waals surface area contributed by atoms with E-state index in [4.69, 9.17) is 0 Å². The highest BCUT2D eigenvalue weighted by Crippen LogP contribution is 2.39. The van der Waals surface area contributed by atoms with Crippen molar-refractivity contribution in [1.82, 2.24) is 0 Å². The molecule has 0 fully saturated rings. The van der Waals surface area contributed by atoms with Crippen LogP contribution in [0.3, 0.4) is 0 Å². The fourth-order valence-corrected chi connectivity index (χ4v) is 4.70. The van der Waals surface area contributed by atoms with Gasteiger partial charge >= 0.3 is 12.4 Å². The van der Waals surface area contributed by atoms with Crippen molar-refractivity contribution in [3.8, 4) is 0 Å². The minimum absolute atomic E-state index is 0.299. The molecule has 15 heavy (non-hydrogen) atoms. The molecule has 0 saturated heterocycles. The van der Waals surface area contributed by atoms with Crippen LogP contribution in [0.1, 0.15) is 12.8 Å². The summed E-state index contributed by atoms with van der Waals surface area (Å²) >= 11 is 5.89. The van der Waals surface area contributed by atoms with Crippen LogP contribution in [0.15, 0.2) is 0 Å². The molecule has 0 N–H and O–H groups in total. The third kappa shape index (κ3) is 11.0. The Labute approximate surface area is 99.6 Å². The van der Waals surface area contributed by atoms with E-state index in [2.05, 4.69) is 30.6 Å². The third-order valence-corrected chi connectivity index (χ3v) is 8.27. The first-order valence-corrected chi connectivity index (χ1v) is 10.9. The molecule has 0 saturated carbocycles. The van der Waals surface area contributed by atoms with E-state index < -0.39 is 30.5 Å². The Morgan fingerprint density at radius 3 is 1.20 bits per heavy atom. The Morgan fingerprint density at radius 1 is 0.733 bits per heavy atom. The molecule has 0 amide bonds. The lowest BCUT2D eigenvalue weighted by Gasteiger charge is -2.19. The largest absolute Gasteiger partial charge is 0.388 e. The molecule has 0 atom stereocenters. The zero-order chi connectivity index (χ0) is 12.3. The summed E-state index contributed by atoms with van der Waals surface area (Å²) in [4.78, 5) is 0. The maximum Gasteiger partial charge on any atom is 0.388 e. The molecular weight excluding hydrogens is 374 g/mol. The molecule has 0 aliphatic carbocycles. The summed E-state index contributed by atoms with van der Waals surface area (Å²) in [6.45, 7) is 0. The summed E-state index contributed by atoms with van der Waals surface area (Å²) in [5, 5.41) is -2.74. The van der Waals surface area contributed by atoms with E-state index >= 15 is 0 Å². The average Bonchev–Trinajstić information content (AvgIpc) is 1.96. The lowest BCUT2D eigenvalue weighted by Crippen LogP contribution is -2.23. The topological polar surface area (TPSA) is 0 Å². The second kappa shape index (κ2) is 5.39. The quantitative estimate of drug-likeness (QED) is 0.360. The van der Waals surface area contributed by atoms with Gasteiger partial charge in [-0.15, -0.1) is 30.6 Å². The number of rotatable bonds is 4. The van der Waals surface area contributed by atoms with Gasteiger partial charge in [-0.1, -0.05) is 0 Å². The molecule has 0 heterocycles. The summed E-state index contributed by atoms with van der Waals surface area (Å²) in [5.74, 6) is 0. The minimum atomic E-state index is -4.32. The van der Waals surface area contributed by atoms with Gasteiger partial charge in [-0.3, -0.25) is 0 Å². The maximum absolute atomic E-state index is 11.8. The zero-order valence-corrected chi connectivity index (χ0v) is 11.5. The third-order valence-electron chi connectivity index (χ3n) is 1.55. The summed E-state index contributed by atoms with van der Waals surface area (Å²) in [6.07, 6.45) is -10.8. The Hall–Kier alpha value is 0.757. The molecule has 0 aromatic heterocycles. The lowest BCUT2D eigenvalue weighted by atomic mass is 10.5. The van der Waals surface area contributed by atoms with Crippen molar-refractivity contribution < 1.29 is 26.3 Å². The fraction of sp³-hybridized carbons (Fsp3) is 1.00. The summed E-state index contributed by atoms with van der Waals surface area (Å²) < 4.78 is 70.9. The summed E-state index contributed by atoms with van der Waals surface area (Å²) in [7, 11) is 0. The van der Waals surface area contributed by atoms with Crippen LogP contribution < -0.4 is 0 Å². The molecule has 0 aliphatic rings. The van der Waals surface area contributed by atoms with Crippen molar-refractivity contribution in [2.75, 3.05) is 0 Å². The second-order valence-electron chi connectivity index (χ2n) is 3.09. The van der Waals surface area contributed by atoms with Gasteiger partial charge in [0.25, 0.3) is 0 Å². The van der Waals surface area contributed by atoms with Crippen molar-refractivity contribution in [3.63, 3.8) is 0 Å². The lowest BCUT2D eigenvalue weighted by molar-refractivity contribution is -0.131. The van der Waals surface area contributed by atoms with Crippen molar-refractivity contribution >= 4 is 35.9 Å². The van der Waals surface area contributed by atoms with E-state index in [9.17, 15) is 26.3 Å². The SMILES string of the molecule is FC(F)(F)CC[Si](Br)(Br)CCC(F)(F)F. The van der Waals surface area contributed by atoms with Crippen LogP contribution >= 0.6 is 30.6 Å². The van der Waals surface area contributed by atoms with Crippen LogP contribution in [0.5, 0.6) is 0 Å². The fourth-order valence-electron chi connectivity index (χ4n) is 0.774. The van der Waals surface area contributed by atoms with Gasteiger partial charge < -0.3 is 0 Å². The molecule has 0 aliphatic heterocycles. The molecule has 0 rings (SSSR count). The van der Waals surface area contributed by atoms with E-state index in [1.54, 1.807) is 0 Å². The summed E-state index contributed by atoms with van der Waals surface area (Å²) in [5.41, 5.74) is 0. The monoisotopic (exact) mass is 380 g/mol. The zero-order valence-electron chi connectivity index (χ0n) is 7.35. The van der Waals surface area contributed by atoms with Gasteiger partial charge in [0.15, 0.2) is 0 Å². The molecular formula is C6H8Br2F6Si. The standard InChI is InChI=1S/C6H8Br2F6Si/c7-15(8,3-1-5(9,10)11)4-2-6(12,13)14/h1-4H2. The minimum Gasteiger partial charge on any atom is -0.171 e. The van der Waals surface area contributed by atoms with Crippen LogP contribution in [0.4, 0.5) is 26.3 Å². The van der Waals surface area contributed by atoms with Crippen LogP contribution in [-0.4, -0.2) is 17.7 Å². The molecule has 9 heteroatoms. The molecule has 0 aromatic carbocycles. The molecule has 0 spiro atoms. The van der Waals surface area contributed by atoms with Crippen LogP contribution in [0, 0.1) is 0 Å². The Morgan fingerprint density at radius 2 is 1.00 bits per heavy atom. The molecule has 0 radical (unpaired) electrons. The predicted octanol–water partition coefficient (Wildman–Crippen LogP) is 5.12. The highest BCUT2D eigenvalue weighted by Gasteiger charge is 2.38. The Bertz CT molecular complexity index is 179. The molecule has 0 nitrogen and oxygen atoms in total. The highest BCUT2D eigenvalue weighted by atomic mass is 79.9. The van der Waals surface area contributed by atoms with Gasteiger partial charge in [-0.05, 0) is 12.1 Å². The second-order valence-corrected chi connectivity index (χ2v) is 18.1. The van der Waals surface area contributed by atoms with Crippen molar-refractivity contribution in [3.05, 3.63) is 0 Å². The van der Waals surface area contributed by atoms with E-state index in [-0.39, 0.29) is 12.1 Å². The van der Waals surface area contributed by atoms with Crippen molar-refractivity contribution in [1.29, 1.82) is 0 Å². The van der Waals surface area contributed by atoms with Gasteiger partial charge in [0, 0.05) is 12.8 Å². The normalized spacial score (nSPS) is 14.4. The highest BCUT2D eigenvalue weighted by molar-refractivity contribution is 9.51. The van der Waals surface area contributed by atoms with Crippen LogP contribution in [0.25, 0.3) is 0 Å². The Kier molecular flexibility index (Phi) is 5.66. The molecule has 0 bridgehead atoms. The van der Waals surface area contributed by atoms with Gasteiger partial charge in [-0.25, -0.2) is 0 Å². The summed E-state index contributed by atoms with van der Waals surface area (Å²) in [6, 6.07) is -0.598. The van der Waals surface area contributed by atoms with Crippen LogP contribution in [0.2, 0.25) is 12.1 Å². The number of alkyl halides is 6. The van der Waals surface area contributed by atoms with Gasteiger partial charge in [0.2, 0.25) is 5.31 Å². The van der Waals surface area contributed by atoms with Gasteiger partial charge in [-0.2, -0.15) is 26.3 Å². The van der Waals surface area contributed by atoms with Gasteiger partial charge in [0.1, 0.15) is 0 Å². The first-order valence-electron chi connectivity index (χ1n) is 3.93. The van der Waals surface area contributed by atoms with E-state index in [0.717, 1.165) is 0 Å². The Balaban J connectivity index is 3.98. The smallest absolute Gasteiger partial charge is 0.171 e. The van der Waals surface area contributed by atoms with Crippen LogP contribution in [-0.2, 0) is 0 Å². The van der Waals surface area contributed by atoms with E-state index in [1.165, 1.54) is 0 Å². The molecule has 0 aromatic rings. The maximum atomic E-state index is 11.8. The number of hydrogen-bond donors (Lipinski definition) is 0. The predicted molar refractivity (Wildman–Crippen MR) is 54.6 cm³/mol. The number of hydrogen-bond acceptors (Lipinski definition) is 0. The van der Waals surface area contributed by atoms with Crippen molar-refractivity contribution in [2.45, 2.75) is 37.3 Å².